The Labute approximate surface area is 151 Å². The normalized spacial score (nSPS) is 11.3. The lowest BCUT2D eigenvalue weighted by atomic mass is 10.1. The van der Waals surface area contributed by atoms with E-state index in [9.17, 15) is 9.59 Å². The molecule has 0 saturated carbocycles. The molecule has 0 aliphatic rings. The molecule has 1 heterocycles. The molecule has 2 rings (SSSR count). The van der Waals surface area contributed by atoms with Crippen LogP contribution in [0.25, 0.3) is 11.3 Å². The second-order valence-corrected chi connectivity index (χ2v) is 6.90. The third-order valence-corrected chi connectivity index (χ3v) is 3.64. The molecule has 0 aliphatic heterocycles. The van der Waals surface area contributed by atoms with Crippen LogP contribution in [0.2, 0.25) is 5.02 Å². The maximum absolute atomic E-state index is 12.5. The van der Waals surface area contributed by atoms with Gasteiger partial charge in [0, 0.05) is 10.6 Å². The molecule has 0 amide bonds. The molecule has 0 saturated heterocycles. The summed E-state index contributed by atoms with van der Waals surface area (Å²) in [6.07, 6.45) is -0.675. The summed E-state index contributed by atoms with van der Waals surface area (Å²) in [6.45, 7) is 9.04. The standard InChI is InChI=1S/C18H21ClN2O4/c1-6-24-16(22)14-10-15(12-7-8-13(19)11(2)9-12)21(20-14)17(23)25-18(3,4)5/h7-10H,6H2,1-5H3. The van der Waals surface area contributed by atoms with Gasteiger partial charge >= 0.3 is 12.1 Å². The van der Waals surface area contributed by atoms with Crippen molar-refractivity contribution >= 4 is 23.7 Å². The number of benzene rings is 1. The van der Waals surface area contributed by atoms with E-state index >= 15 is 0 Å². The highest BCUT2D eigenvalue weighted by Gasteiger charge is 2.25. The van der Waals surface area contributed by atoms with Gasteiger partial charge in [-0.05, 0) is 58.4 Å². The third-order valence-electron chi connectivity index (χ3n) is 3.21. The smallest absolute Gasteiger partial charge is 0.435 e. The third kappa shape index (κ3) is 4.60. The molecule has 2 aromatic rings. The minimum atomic E-state index is -0.694. The van der Waals surface area contributed by atoms with Crippen molar-refractivity contribution in [2.24, 2.45) is 0 Å². The molecule has 0 bridgehead atoms. The van der Waals surface area contributed by atoms with Crippen molar-refractivity contribution < 1.29 is 19.1 Å². The van der Waals surface area contributed by atoms with Crippen molar-refractivity contribution in [3.05, 3.63) is 40.5 Å². The molecular formula is C18H21ClN2O4. The molecule has 0 atom stereocenters. The number of hydrogen-bond donors (Lipinski definition) is 0. The predicted octanol–water partition coefficient (Wildman–Crippen LogP) is 4.47. The van der Waals surface area contributed by atoms with E-state index in [2.05, 4.69) is 5.10 Å². The van der Waals surface area contributed by atoms with E-state index in [4.69, 9.17) is 21.1 Å². The van der Waals surface area contributed by atoms with E-state index in [1.165, 1.54) is 6.07 Å². The van der Waals surface area contributed by atoms with Crippen molar-refractivity contribution in [2.75, 3.05) is 6.61 Å². The average molecular weight is 365 g/mol. The molecule has 0 unspecified atom stereocenters. The van der Waals surface area contributed by atoms with Crippen molar-refractivity contribution in [2.45, 2.75) is 40.2 Å². The van der Waals surface area contributed by atoms with Crippen LogP contribution in [0, 0.1) is 6.92 Å². The Bertz CT molecular complexity index is 806. The van der Waals surface area contributed by atoms with E-state index in [0.717, 1.165) is 10.2 Å². The second kappa shape index (κ2) is 7.27. The zero-order chi connectivity index (χ0) is 18.8. The lowest BCUT2D eigenvalue weighted by molar-refractivity contribution is 0.0502. The van der Waals surface area contributed by atoms with Crippen molar-refractivity contribution in [1.29, 1.82) is 0 Å². The highest BCUT2D eigenvalue weighted by molar-refractivity contribution is 6.31. The molecule has 1 aromatic carbocycles. The van der Waals surface area contributed by atoms with Crippen LogP contribution in [0.1, 0.15) is 43.7 Å². The fraction of sp³-hybridized carbons (Fsp3) is 0.389. The van der Waals surface area contributed by atoms with Crippen LogP contribution in [-0.4, -0.2) is 34.1 Å². The van der Waals surface area contributed by atoms with Gasteiger partial charge < -0.3 is 9.47 Å². The Balaban J connectivity index is 2.53. The number of hydrogen-bond acceptors (Lipinski definition) is 5. The first-order chi connectivity index (χ1) is 11.6. The van der Waals surface area contributed by atoms with E-state index in [1.807, 2.05) is 13.0 Å². The Morgan fingerprint density at radius 2 is 1.92 bits per heavy atom. The number of carbonyl (C=O) groups is 2. The predicted molar refractivity (Wildman–Crippen MR) is 95.0 cm³/mol. The SMILES string of the molecule is CCOC(=O)c1cc(-c2ccc(Cl)c(C)c2)n(C(=O)OC(C)(C)C)n1. The summed E-state index contributed by atoms with van der Waals surface area (Å²) in [7, 11) is 0. The Hall–Kier alpha value is -2.34. The summed E-state index contributed by atoms with van der Waals surface area (Å²) < 4.78 is 11.4. The van der Waals surface area contributed by atoms with Crippen LogP contribution in [0.4, 0.5) is 4.79 Å². The Kier molecular flexibility index (Phi) is 5.52. The van der Waals surface area contributed by atoms with Gasteiger partial charge in [-0.25, -0.2) is 9.59 Å². The van der Waals surface area contributed by atoms with Gasteiger partial charge in [0.25, 0.3) is 0 Å². The summed E-state index contributed by atoms with van der Waals surface area (Å²) in [6, 6.07) is 6.80. The van der Waals surface area contributed by atoms with Gasteiger partial charge in [0.15, 0.2) is 5.69 Å². The van der Waals surface area contributed by atoms with Crippen molar-refractivity contribution in [3.8, 4) is 11.3 Å². The van der Waals surface area contributed by atoms with Gasteiger partial charge in [-0.2, -0.15) is 9.78 Å². The Morgan fingerprint density at radius 1 is 1.24 bits per heavy atom. The van der Waals surface area contributed by atoms with Gasteiger partial charge in [-0.15, -0.1) is 0 Å². The van der Waals surface area contributed by atoms with E-state index in [0.29, 0.717) is 16.3 Å². The largest absolute Gasteiger partial charge is 0.461 e. The van der Waals surface area contributed by atoms with Gasteiger partial charge in [0.05, 0.1) is 12.3 Å². The molecule has 0 N–H and O–H groups in total. The quantitative estimate of drug-likeness (QED) is 0.751. The number of aromatic nitrogens is 2. The lowest BCUT2D eigenvalue weighted by Crippen LogP contribution is -2.28. The number of rotatable bonds is 3. The van der Waals surface area contributed by atoms with Crippen LogP contribution in [-0.2, 0) is 9.47 Å². The molecule has 0 aliphatic carbocycles. The van der Waals surface area contributed by atoms with Crippen LogP contribution >= 0.6 is 11.6 Å². The molecule has 6 nitrogen and oxygen atoms in total. The summed E-state index contributed by atoms with van der Waals surface area (Å²) in [5.41, 5.74) is 1.30. The first-order valence-corrected chi connectivity index (χ1v) is 8.27. The minimum absolute atomic E-state index is 0.0373. The fourth-order valence-electron chi connectivity index (χ4n) is 2.14. The first-order valence-electron chi connectivity index (χ1n) is 7.89. The van der Waals surface area contributed by atoms with Gasteiger partial charge in [-0.3, -0.25) is 0 Å². The van der Waals surface area contributed by atoms with E-state index in [-0.39, 0.29) is 12.3 Å². The fourth-order valence-corrected chi connectivity index (χ4v) is 2.26. The van der Waals surface area contributed by atoms with Gasteiger partial charge in [-0.1, -0.05) is 17.7 Å². The molecule has 0 fully saturated rings. The molecule has 7 heteroatoms. The molecule has 1 aromatic heterocycles. The molecule has 134 valence electrons. The van der Waals surface area contributed by atoms with Crippen LogP contribution in [0.5, 0.6) is 0 Å². The highest BCUT2D eigenvalue weighted by Crippen LogP contribution is 2.26. The maximum Gasteiger partial charge on any atom is 0.435 e. The Morgan fingerprint density at radius 3 is 2.48 bits per heavy atom. The summed E-state index contributed by atoms with van der Waals surface area (Å²) >= 11 is 6.07. The summed E-state index contributed by atoms with van der Waals surface area (Å²) in [5.74, 6) is -0.600. The van der Waals surface area contributed by atoms with E-state index < -0.39 is 17.7 Å². The monoisotopic (exact) mass is 364 g/mol. The van der Waals surface area contributed by atoms with Crippen molar-refractivity contribution in [3.63, 3.8) is 0 Å². The number of aryl methyl sites for hydroxylation is 1. The number of esters is 1. The molecule has 0 spiro atoms. The lowest BCUT2D eigenvalue weighted by Gasteiger charge is -2.19. The number of carbonyl (C=O) groups excluding carboxylic acids is 2. The first kappa shape index (κ1) is 19.0. The number of nitrogens with zero attached hydrogens (tertiary/aromatic N) is 2. The highest BCUT2D eigenvalue weighted by atomic mass is 35.5. The molecular weight excluding hydrogens is 344 g/mol. The maximum atomic E-state index is 12.5. The zero-order valence-electron chi connectivity index (χ0n) is 14.9. The number of ether oxygens (including phenoxy) is 2. The summed E-state index contributed by atoms with van der Waals surface area (Å²) in [4.78, 5) is 24.5. The number of halogens is 1. The van der Waals surface area contributed by atoms with Crippen molar-refractivity contribution in [1.82, 2.24) is 9.78 Å². The zero-order valence-corrected chi connectivity index (χ0v) is 15.7. The topological polar surface area (TPSA) is 70.4 Å². The van der Waals surface area contributed by atoms with Crippen LogP contribution in [0.15, 0.2) is 24.3 Å². The minimum Gasteiger partial charge on any atom is -0.461 e. The van der Waals surface area contributed by atoms with E-state index in [1.54, 1.807) is 39.8 Å². The van der Waals surface area contributed by atoms with Gasteiger partial charge in [0.1, 0.15) is 5.60 Å². The average Bonchev–Trinajstić information content (AvgIpc) is 2.94. The van der Waals surface area contributed by atoms with Crippen LogP contribution < -0.4 is 0 Å². The van der Waals surface area contributed by atoms with Crippen LogP contribution in [0.3, 0.4) is 0 Å². The molecule has 0 radical (unpaired) electrons. The van der Waals surface area contributed by atoms with Gasteiger partial charge in [0.2, 0.25) is 0 Å². The summed E-state index contributed by atoms with van der Waals surface area (Å²) in [5, 5.41) is 4.68. The molecule has 25 heavy (non-hydrogen) atoms. The second-order valence-electron chi connectivity index (χ2n) is 6.49.